The summed E-state index contributed by atoms with van der Waals surface area (Å²) in [6, 6.07) is 18.4. The Kier molecular flexibility index (Phi) is 6.05. The van der Waals surface area contributed by atoms with E-state index in [-0.39, 0.29) is 22.5 Å². The molecule has 5 rings (SSSR count). The number of carbonyl (C=O) groups is 2. The van der Waals surface area contributed by atoms with E-state index in [9.17, 15) is 9.59 Å². The van der Waals surface area contributed by atoms with Crippen molar-refractivity contribution >= 4 is 46.5 Å². The predicted octanol–water partition coefficient (Wildman–Crippen LogP) is 5.22. The van der Waals surface area contributed by atoms with Gasteiger partial charge in [-0.3, -0.25) is 19.4 Å². The highest BCUT2D eigenvalue weighted by molar-refractivity contribution is 7.80. The molecule has 0 aromatic heterocycles. The van der Waals surface area contributed by atoms with Crippen LogP contribution < -0.4 is 0 Å². The summed E-state index contributed by atoms with van der Waals surface area (Å²) in [6.07, 6.45) is 11.8. The lowest BCUT2D eigenvalue weighted by Crippen LogP contribution is -2.55. The lowest BCUT2D eigenvalue weighted by molar-refractivity contribution is -0.133. The second-order valence-corrected chi connectivity index (χ2v) is 8.69. The summed E-state index contributed by atoms with van der Waals surface area (Å²) in [5.74, 6) is -0.718. The predicted molar refractivity (Wildman–Crippen MR) is 143 cm³/mol. The van der Waals surface area contributed by atoms with Crippen LogP contribution in [0.2, 0.25) is 0 Å². The third-order valence-electron chi connectivity index (χ3n) is 6.35. The molecule has 0 spiro atoms. The van der Waals surface area contributed by atoms with E-state index >= 15 is 0 Å². The van der Waals surface area contributed by atoms with Crippen LogP contribution in [0.3, 0.4) is 0 Å². The number of carbonyl (C=O) groups excluding carboxylic acids is 2. The molecule has 0 aliphatic carbocycles. The second kappa shape index (κ2) is 9.31. The molecule has 2 aromatic carbocycles. The van der Waals surface area contributed by atoms with E-state index in [2.05, 4.69) is 47.4 Å². The Hall–Kier alpha value is -4.03. The first-order valence-corrected chi connectivity index (χ1v) is 12.1. The summed E-state index contributed by atoms with van der Waals surface area (Å²) < 4.78 is 0. The molecule has 3 heterocycles. The van der Waals surface area contributed by atoms with E-state index in [1.165, 1.54) is 9.80 Å². The van der Waals surface area contributed by atoms with E-state index in [0.717, 1.165) is 33.7 Å². The highest BCUT2D eigenvalue weighted by Gasteiger charge is 2.37. The second-order valence-electron chi connectivity index (χ2n) is 8.32. The number of fused-ring (bicyclic) bond motifs is 3. The number of hydrogen-bond acceptors (Lipinski definition) is 4. The summed E-state index contributed by atoms with van der Waals surface area (Å²) in [6.45, 7) is 4.53. The Bertz CT molecular complexity index is 1350. The van der Waals surface area contributed by atoms with E-state index in [4.69, 9.17) is 12.2 Å². The fourth-order valence-electron chi connectivity index (χ4n) is 4.53. The highest BCUT2D eigenvalue weighted by atomic mass is 32.1. The molecule has 1 fully saturated rings. The van der Waals surface area contributed by atoms with Crippen molar-refractivity contribution in [3.63, 3.8) is 0 Å². The lowest BCUT2D eigenvalue weighted by Gasteiger charge is -2.35. The molecule has 3 aliphatic rings. The molecule has 0 unspecified atom stereocenters. The van der Waals surface area contributed by atoms with Crippen molar-refractivity contribution < 1.29 is 9.59 Å². The zero-order valence-electron chi connectivity index (χ0n) is 19.6. The first-order valence-electron chi connectivity index (χ1n) is 11.7. The van der Waals surface area contributed by atoms with Gasteiger partial charge < -0.3 is 4.90 Å². The van der Waals surface area contributed by atoms with Crippen LogP contribution in [0, 0.1) is 0 Å². The first-order chi connectivity index (χ1) is 17.0. The maximum atomic E-state index is 13.1. The van der Waals surface area contributed by atoms with Crippen molar-refractivity contribution in [2.75, 3.05) is 13.1 Å². The maximum absolute atomic E-state index is 13.1. The molecule has 3 aliphatic heterocycles. The molecule has 5 nitrogen and oxygen atoms in total. The fraction of sp³-hybridized carbons (Fsp3) is 0.138. The van der Waals surface area contributed by atoms with Crippen LogP contribution in [-0.2, 0) is 9.59 Å². The number of allylic oxidation sites excluding steroid dienone is 5. The van der Waals surface area contributed by atoms with Crippen molar-refractivity contribution in [2.45, 2.75) is 13.8 Å². The molecule has 0 radical (unpaired) electrons. The summed E-state index contributed by atoms with van der Waals surface area (Å²) in [5.41, 5.74) is 6.43. The Morgan fingerprint density at radius 2 is 1.49 bits per heavy atom. The number of amides is 2. The molecule has 0 bridgehead atoms. The topological polar surface area (TPSA) is 43.9 Å². The van der Waals surface area contributed by atoms with Gasteiger partial charge in [0.15, 0.2) is 5.11 Å². The van der Waals surface area contributed by atoms with Crippen molar-refractivity contribution in [1.82, 2.24) is 14.7 Å². The van der Waals surface area contributed by atoms with Gasteiger partial charge in [-0.15, -0.1) is 0 Å². The molecule has 35 heavy (non-hydrogen) atoms. The minimum atomic E-state index is -0.359. The maximum Gasteiger partial charge on any atom is 0.265 e. The van der Waals surface area contributed by atoms with Crippen molar-refractivity contribution in [1.29, 1.82) is 0 Å². The zero-order valence-corrected chi connectivity index (χ0v) is 20.5. The number of likely N-dealkylation sites (N-methyl/N-ethyl adjacent to an activating group) is 2. The van der Waals surface area contributed by atoms with Crippen LogP contribution in [0.5, 0.6) is 0 Å². The minimum Gasteiger partial charge on any atom is -0.316 e. The van der Waals surface area contributed by atoms with Crippen molar-refractivity contribution in [2.24, 2.45) is 0 Å². The van der Waals surface area contributed by atoms with Crippen LogP contribution in [0.1, 0.15) is 30.5 Å². The van der Waals surface area contributed by atoms with Gasteiger partial charge in [0.05, 0.1) is 5.70 Å². The third-order valence-corrected chi connectivity index (χ3v) is 6.79. The number of nitrogens with zero attached hydrogens (tertiary/aromatic N) is 3. The average Bonchev–Trinajstić information content (AvgIpc) is 2.89. The van der Waals surface area contributed by atoms with Gasteiger partial charge in [0.2, 0.25) is 0 Å². The summed E-state index contributed by atoms with van der Waals surface area (Å²) in [5, 5.41) is 0.263. The highest BCUT2D eigenvalue weighted by Crippen LogP contribution is 2.39. The smallest absolute Gasteiger partial charge is 0.265 e. The number of benzene rings is 2. The molecule has 2 amide bonds. The van der Waals surface area contributed by atoms with Gasteiger partial charge in [-0.05, 0) is 73.1 Å². The minimum absolute atomic E-state index is 0.113. The molecule has 0 atom stereocenters. The van der Waals surface area contributed by atoms with Crippen LogP contribution in [-0.4, -0.2) is 44.7 Å². The van der Waals surface area contributed by atoms with E-state index in [1.54, 1.807) is 6.08 Å². The van der Waals surface area contributed by atoms with Crippen LogP contribution in [0.4, 0.5) is 0 Å². The van der Waals surface area contributed by atoms with Crippen LogP contribution in [0.15, 0.2) is 96.4 Å². The summed E-state index contributed by atoms with van der Waals surface area (Å²) in [4.78, 5) is 31.2. The Labute approximate surface area is 210 Å². The van der Waals surface area contributed by atoms with E-state index in [0.29, 0.717) is 13.1 Å². The van der Waals surface area contributed by atoms with Gasteiger partial charge in [-0.25, -0.2) is 0 Å². The van der Waals surface area contributed by atoms with Crippen LogP contribution in [0.25, 0.3) is 17.3 Å². The number of thiocarbonyl (C=S) groups is 1. The van der Waals surface area contributed by atoms with Crippen molar-refractivity contribution in [3.05, 3.63) is 113 Å². The molecule has 2 aromatic rings. The van der Waals surface area contributed by atoms with Gasteiger partial charge in [-0.2, -0.15) is 0 Å². The first kappa shape index (κ1) is 22.7. The molecule has 174 valence electrons. The lowest BCUT2D eigenvalue weighted by atomic mass is 9.93. The van der Waals surface area contributed by atoms with Gasteiger partial charge in [0, 0.05) is 30.5 Å². The summed E-state index contributed by atoms with van der Waals surface area (Å²) >= 11 is 5.38. The Morgan fingerprint density at radius 3 is 2.17 bits per heavy atom. The SMILES string of the molecule is CCN1C(=O)C(=C/C=C2/C=C(c3ccccc3)C=C3c4ccccc4C=CN32)C(=O)N(CC)C1=S. The van der Waals surface area contributed by atoms with Gasteiger partial charge in [0.1, 0.15) is 5.57 Å². The monoisotopic (exact) mass is 479 g/mol. The average molecular weight is 480 g/mol. The fourth-order valence-corrected chi connectivity index (χ4v) is 4.95. The van der Waals surface area contributed by atoms with Gasteiger partial charge >= 0.3 is 0 Å². The molecule has 0 saturated carbocycles. The molecular formula is C29H25N3O2S. The van der Waals surface area contributed by atoms with Crippen molar-refractivity contribution in [3.8, 4) is 0 Å². The molecule has 0 N–H and O–H groups in total. The van der Waals surface area contributed by atoms with E-state index in [1.807, 2.05) is 56.5 Å². The van der Waals surface area contributed by atoms with Crippen LogP contribution >= 0.6 is 12.2 Å². The molecule has 6 heteroatoms. The Balaban J connectivity index is 1.62. The zero-order chi connectivity index (χ0) is 24.5. The quantitative estimate of drug-likeness (QED) is 0.343. The van der Waals surface area contributed by atoms with Gasteiger partial charge in [0.25, 0.3) is 11.8 Å². The standard InChI is InChI=1S/C29H25N3O2S/c1-3-30-27(33)25(28(34)31(4-2)29(30)35)15-14-23-18-22(20-10-6-5-7-11-20)19-26-24-13-9-8-12-21(24)16-17-32(23)26/h5-19H,3-4H2,1-2H3/b23-14-. The summed E-state index contributed by atoms with van der Waals surface area (Å²) in [7, 11) is 0. The normalized spacial score (nSPS) is 18.5. The Morgan fingerprint density at radius 1 is 0.829 bits per heavy atom. The number of hydrogen-bond donors (Lipinski definition) is 0. The van der Waals surface area contributed by atoms with Gasteiger partial charge in [-0.1, -0.05) is 54.6 Å². The third kappa shape index (κ3) is 3.96. The van der Waals surface area contributed by atoms with E-state index < -0.39 is 0 Å². The molecule has 1 saturated heterocycles. The molecular weight excluding hydrogens is 454 g/mol. The largest absolute Gasteiger partial charge is 0.316 e. The number of rotatable bonds is 4.